The van der Waals surface area contributed by atoms with E-state index in [4.69, 9.17) is 4.74 Å². The van der Waals surface area contributed by atoms with E-state index < -0.39 is 5.41 Å². The molecule has 0 saturated heterocycles. The van der Waals surface area contributed by atoms with Gasteiger partial charge in [-0.3, -0.25) is 9.59 Å². The average molecular weight is 287 g/mol. The van der Waals surface area contributed by atoms with Gasteiger partial charge in [0.1, 0.15) is 5.41 Å². The highest BCUT2D eigenvalue weighted by Crippen LogP contribution is 2.15. The summed E-state index contributed by atoms with van der Waals surface area (Å²) in [4.78, 5) is 26.1. The topological polar surface area (TPSA) is 70.7 Å². The number of nitrogens with zero attached hydrogens (tertiary/aromatic N) is 1. The highest BCUT2D eigenvalue weighted by atomic mass is 16.5. The monoisotopic (exact) mass is 287 g/mol. The molecule has 6 heteroatoms. The van der Waals surface area contributed by atoms with Crippen LogP contribution in [0.1, 0.15) is 26.7 Å². The lowest BCUT2D eigenvalue weighted by atomic mass is 9.91. The Morgan fingerprint density at radius 1 is 1.05 bits per heavy atom. The Bertz CT molecular complexity index is 304. The van der Waals surface area contributed by atoms with E-state index in [0.717, 1.165) is 19.4 Å². The lowest BCUT2D eigenvalue weighted by molar-refractivity contribution is -0.141. The Morgan fingerprint density at radius 3 is 2.00 bits per heavy atom. The van der Waals surface area contributed by atoms with Gasteiger partial charge in [0, 0.05) is 26.8 Å². The van der Waals surface area contributed by atoms with Crippen molar-refractivity contribution in [1.29, 1.82) is 0 Å². The molecule has 0 radical (unpaired) electrons. The molecule has 20 heavy (non-hydrogen) atoms. The zero-order valence-electron chi connectivity index (χ0n) is 13.4. The Labute approximate surface area is 122 Å². The molecule has 0 atom stereocenters. The predicted molar refractivity (Wildman–Crippen MR) is 79.5 cm³/mol. The minimum absolute atomic E-state index is 0.236. The van der Waals surface area contributed by atoms with Crippen molar-refractivity contribution in [3.63, 3.8) is 0 Å². The number of hydrogen-bond acceptors (Lipinski definition) is 4. The van der Waals surface area contributed by atoms with E-state index in [1.165, 1.54) is 0 Å². The fraction of sp³-hybridized carbons (Fsp3) is 0.857. The Balaban J connectivity index is 4.05. The van der Waals surface area contributed by atoms with Crippen molar-refractivity contribution < 1.29 is 14.3 Å². The van der Waals surface area contributed by atoms with Crippen molar-refractivity contribution in [1.82, 2.24) is 15.5 Å². The van der Waals surface area contributed by atoms with Crippen LogP contribution in [0, 0.1) is 5.41 Å². The van der Waals surface area contributed by atoms with Gasteiger partial charge in [0.05, 0.1) is 0 Å². The van der Waals surface area contributed by atoms with Crippen LogP contribution >= 0.6 is 0 Å². The minimum Gasteiger partial charge on any atom is -0.385 e. The van der Waals surface area contributed by atoms with Gasteiger partial charge in [-0.15, -0.1) is 0 Å². The number of carbonyl (C=O) groups excluding carboxylic acids is 2. The maximum atomic E-state index is 12.0. The highest BCUT2D eigenvalue weighted by Gasteiger charge is 2.35. The van der Waals surface area contributed by atoms with Gasteiger partial charge >= 0.3 is 0 Å². The first-order chi connectivity index (χ1) is 9.32. The molecule has 0 fully saturated rings. The van der Waals surface area contributed by atoms with E-state index in [-0.39, 0.29) is 11.8 Å². The largest absolute Gasteiger partial charge is 0.385 e. The van der Waals surface area contributed by atoms with Crippen molar-refractivity contribution in [2.24, 2.45) is 5.41 Å². The molecular weight excluding hydrogens is 258 g/mol. The van der Waals surface area contributed by atoms with E-state index in [9.17, 15) is 9.59 Å². The van der Waals surface area contributed by atoms with Crippen molar-refractivity contribution in [3.05, 3.63) is 0 Å². The molecule has 118 valence electrons. The molecule has 0 rings (SSSR count). The van der Waals surface area contributed by atoms with Crippen molar-refractivity contribution in [3.8, 4) is 0 Å². The summed E-state index contributed by atoms with van der Waals surface area (Å²) in [6.45, 7) is 5.88. The van der Waals surface area contributed by atoms with Crippen LogP contribution in [0.25, 0.3) is 0 Å². The zero-order valence-corrected chi connectivity index (χ0v) is 13.4. The number of hydrogen-bond donors (Lipinski definition) is 2. The summed E-state index contributed by atoms with van der Waals surface area (Å²) < 4.78 is 4.91. The molecule has 0 aromatic carbocycles. The summed E-state index contributed by atoms with van der Waals surface area (Å²) in [5.74, 6) is -0.487. The number of nitrogens with one attached hydrogen (secondary N) is 2. The molecule has 2 amide bonds. The molecule has 0 unspecified atom stereocenters. The van der Waals surface area contributed by atoms with Gasteiger partial charge < -0.3 is 20.3 Å². The minimum atomic E-state index is -1.05. The van der Waals surface area contributed by atoms with Crippen LogP contribution in [0.5, 0.6) is 0 Å². The summed E-state index contributed by atoms with van der Waals surface area (Å²) in [6, 6.07) is 0. The molecule has 2 N–H and O–H groups in total. The molecule has 0 aliphatic rings. The second-order valence-corrected chi connectivity index (χ2v) is 5.64. The van der Waals surface area contributed by atoms with Crippen LogP contribution in [0.15, 0.2) is 0 Å². The number of ether oxygens (including phenoxy) is 1. The Kier molecular flexibility index (Phi) is 9.16. The number of amides is 2. The van der Waals surface area contributed by atoms with Crippen molar-refractivity contribution >= 4 is 11.8 Å². The third-order valence-electron chi connectivity index (χ3n) is 3.01. The predicted octanol–water partition coefficient (Wildman–Crippen LogP) is 0.233. The first-order valence-electron chi connectivity index (χ1n) is 7.02. The standard InChI is InChI=1S/C14H29N3O3/c1-14(2,13(19)16-9-7-11-20-5)12(18)15-8-6-10-17(3)4/h6-11H2,1-5H3,(H,15,18)(H,16,19). The molecule has 6 nitrogen and oxygen atoms in total. The first-order valence-corrected chi connectivity index (χ1v) is 7.02. The zero-order chi connectivity index (χ0) is 15.6. The first kappa shape index (κ1) is 18.9. The van der Waals surface area contributed by atoms with Gasteiger partial charge in [0.2, 0.25) is 11.8 Å². The molecule has 0 saturated carbocycles. The molecule has 0 heterocycles. The lowest BCUT2D eigenvalue weighted by Crippen LogP contribution is -2.48. The SMILES string of the molecule is COCCCNC(=O)C(C)(C)C(=O)NCCCN(C)C. The van der Waals surface area contributed by atoms with Crippen LogP contribution < -0.4 is 10.6 Å². The van der Waals surface area contributed by atoms with Crippen LogP contribution in [0.3, 0.4) is 0 Å². The molecule has 0 aromatic heterocycles. The van der Waals surface area contributed by atoms with Gasteiger partial charge in [-0.2, -0.15) is 0 Å². The lowest BCUT2D eigenvalue weighted by Gasteiger charge is -2.23. The molecule has 0 spiro atoms. The quantitative estimate of drug-likeness (QED) is 0.446. The summed E-state index contributed by atoms with van der Waals surface area (Å²) >= 11 is 0. The Hall–Kier alpha value is -1.14. The van der Waals surface area contributed by atoms with Gasteiger partial charge in [-0.1, -0.05) is 0 Å². The second-order valence-electron chi connectivity index (χ2n) is 5.64. The highest BCUT2D eigenvalue weighted by molar-refractivity contribution is 6.04. The van der Waals surface area contributed by atoms with Crippen LogP contribution in [-0.4, -0.2) is 64.2 Å². The van der Waals surface area contributed by atoms with Gasteiger partial charge in [-0.25, -0.2) is 0 Å². The normalized spacial score (nSPS) is 11.5. The fourth-order valence-electron chi connectivity index (χ4n) is 1.56. The van der Waals surface area contributed by atoms with E-state index in [0.29, 0.717) is 19.7 Å². The third-order valence-corrected chi connectivity index (χ3v) is 3.01. The molecular formula is C14H29N3O3. The molecule has 0 aliphatic heterocycles. The number of rotatable bonds is 10. The van der Waals surface area contributed by atoms with E-state index >= 15 is 0 Å². The number of carbonyl (C=O) groups is 2. The Morgan fingerprint density at radius 2 is 1.55 bits per heavy atom. The van der Waals surface area contributed by atoms with Gasteiger partial charge in [0.25, 0.3) is 0 Å². The number of methoxy groups -OCH3 is 1. The van der Waals surface area contributed by atoms with Crippen LogP contribution in [-0.2, 0) is 14.3 Å². The van der Waals surface area contributed by atoms with E-state index in [1.807, 2.05) is 14.1 Å². The van der Waals surface area contributed by atoms with Crippen molar-refractivity contribution in [2.45, 2.75) is 26.7 Å². The van der Waals surface area contributed by atoms with E-state index in [2.05, 4.69) is 15.5 Å². The molecule has 0 aliphatic carbocycles. The smallest absolute Gasteiger partial charge is 0.235 e. The van der Waals surface area contributed by atoms with E-state index in [1.54, 1.807) is 21.0 Å². The average Bonchev–Trinajstić information content (AvgIpc) is 2.38. The van der Waals surface area contributed by atoms with Gasteiger partial charge in [0.15, 0.2) is 0 Å². The summed E-state index contributed by atoms with van der Waals surface area (Å²) in [5, 5.41) is 5.57. The van der Waals surface area contributed by atoms with Gasteiger partial charge in [-0.05, 0) is 47.3 Å². The molecule has 0 aromatic rings. The summed E-state index contributed by atoms with van der Waals surface area (Å²) in [7, 11) is 5.59. The summed E-state index contributed by atoms with van der Waals surface area (Å²) in [6.07, 6.45) is 1.60. The summed E-state index contributed by atoms with van der Waals surface area (Å²) in [5.41, 5.74) is -1.05. The third kappa shape index (κ3) is 7.45. The molecule has 0 bridgehead atoms. The van der Waals surface area contributed by atoms with Crippen LogP contribution in [0.2, 0.25) is 0 Å². The second kappa shape index (κ2) is 9.72. The van der Waals surface area contributed by atoms with Crippen molar-refractivity contribution in [2.75, 3.05) is 47.4 Å². The fourth-order valence-corrected chi connectivity index (χ4v) is 1.56. The maximum Gasteiger partial charge on any atom is 0.235 e. The maximum absolute atomic E-state index is 12.0. The van der Waals surface area contributed by atoms with Crippen LogP contribution in [0.4, 0.5) is 0 Å².